The van der Waals surface area contributed by atoms with Crippen molar-refractivity contribution in [3.05, 3.63) is 0 Å². The van der Waals surface area contributed by atoms with Crippen molar-refractivity contribution in [1.29, 1.82) is 0 Å². The predicted octanol–water partition coefficient (Wildman–Crippen LogP) is 2.88. The van der Waals surface area contributed by atoms with Crippen LogP contribution in [0.15, 0.2) is 0 Å². The lowest BCUT2D eigenvalue weighted by Gasteiger charge is -2.28. The standard InChI is InChI=1S/C9H15FS/c1-6-5-11-9-3-2-7(10)4-8(6)9/h6-9H,2-5H2,1H3. The van der Waals surface area contributed by atoms with E-state index in [4.69, 9.17) is 0 Å². The van der Waals surface area contributed by atoms with E-state index in [0.29, 0.717) is 5.92 Å². The Bertz CT molecular complexity index is 148. The monoisotopic (exact) mass is 174 g/mol. The quantitative estimate of drug-likeness (QED) is 0.544. The molecule has 0 bridgehead atoms. The maximum Gasteiger partial charge on any atom is 0.100 e. The van der Waals surface area contributed by atoms with Gasteiger partial charge in [0.1, 0.15) is 6.17 Å². The molecule has 0 nitrogen and oxygen atoms in total. The fraction of sp³-hybridized carbons (Fsp3) is 1.00. The smallest absolute Gasteiger partial charge is 0.100 e. The van der Waals surface area contributed by atoms with Crippen LogP contribution in [0.2, 0.25) is 0 Å². The molecule has 2 heteroatoms. The van der Waals surface area contributed by atoms with Crippen molar-refractivity contribution in [2.45, 2.75) is 37.6 Å². The Kier molecular flexibility index (Phi) is 2.13. The summed E-state index contributed by atoms with van der Waals surface area (Å²) >= 11 is 2.07. The van der Waals surface area contributed by atoms with Crippen LogP contribution in [0.5, 0.6) is 0 Å². The first-order chi connectivity index (χ1) is 5.27. The van der Waals surface area contributed by atoms with E-state index >= 15 is 0 Å². The third-order valence-electron chi connectivity index (χ3n) is 3.07. The number of thioether (sulfide) groups is 1. The number of hydrogen-bond donors (Lipinski definition) is 0. The van der Waals surface area contributed by atoms with E-state index in [1.165, 1.54) is 5.75 Å². The molecular formula is C9H15FS. The Morgan fingerprint density at radius 1 is 1.36 bits per heavy atom. The largest absolute Gasteiger partial charge is 0.247 e. The van der Waals surface area contributed by atoms with Crippen molar-refractivity contribution >= 4 is 11.8 Å². The fourth-order valence-electron chi connectivity index (χ4n) is 2.33. The van der Waals surface area contributed by atoms with Gasteiger partial charge in [-0.25, -0.2) is 4.39 Å². The predicted molar refractivity (Wildman–Crippen MR) is 47.6 cm³/mol. The molecule has 2 fully saturated rings. The highest BCUT2D eigenvalue weighted by molar-refractivity contribution is 8.00. The number of halogens is 1. The molecule has 1 aliphatic heterocycles. The lowest BCUT2D eigenvalue weighted by molar-refractivity contribution is 0.183. The van der Waals surface area contributed by atoms with Crippen LogP contribution >= 0.6 is 11.8 Å². The third-order valence-corrected chi connectivity index (χ3v) is 4.81. The molecule has 4 unspecified atom stereocenters. The lowest BCUT2D eigenvalue weighted by Crippen LogP contribution is -2.27. The van der Waals surface area contributed by atoms with Crippen LogP contribution < -0.4 is 0 Å². The summed E-state index contributed by atoms with van der Waals surface area (Å²) in [6, 6.07) is 0. The van der Waals surface area contributed by atoms with Gasteiger partial charge in [-0.3, -0.25) is 0 Å². The molecule has 64 valence electrons. The molecule has 4 atom stereocenters. The van der Waals surface area contributed by atoms with E-state index < -0.39 is 6.17 Å². The summed E-state index contributed by atoms with van der Waals surface area (Å²) in [5.74, 6) is 2.73. The van der Waals surface area contributed by atoms with Gasteiger partial charge in [-0.1, -0.05) is 6.92 Å². The van der Waals surface area contributed by atoms with Crippen LogP contribution in [0.3, 0.4) is 0 Å². The zero-order valence-electron chi connectivity index (χ0n) is 6.92. The van der Waals surface area contributed by atoms with E-state index in [2.05, 4.69) is 18.7 Å². The highest BCUT2D eigenvalue weighted by Crippen LogP contribution is 2.45. The van der Waals surface area contributed by atoms with E-state index in [9.17, 15) is 4.39 Å². The summed E-state index contributed by atoms with van der Waals surface area (Å²) in [5.41, 5.74) is 0. The Morgan fingerprint density at radius 2 is 2.18 bits per heavy atom. The molecule has 0 aromatic carbocycles. The first-order valence-electron chi connectivity index (χ1n) is 4.53. The van der Waals surface area contributed by atoms with E-state index in [1.54, 1.807) is 0 Å². The molecule has 0 aromatic heterocycles. The zero-order chi connectivity index (χ0) is 7.84. The molecule has 2 rings (SSSR count). The number of hydrogen-bond acceptors (Lipinski definition) is 1. The first-order valence-corrected chi connectivity index (χ1v) is 5.58. The zero-order valence-corrected chi connectivity index (χ0v) is 7.74. The molecule has 0 N–H and O–H groups in total. The highest BCUT2D eigenvalue weighted by Gasteiger charge is 2.38. The topological polar surface area (TPSA) is 0 Å². The highest BCUT2D eigenvalue weighted by atomic mass is 32.2. The third kappa shape index (κ3) is 1.42. The van der Waals surface area contributed by atoms with Gasteiger partial charge in [0, 0.05) is 5.25 Å². The molecule has 1 saturated heterocycles. The molecule has 1 saturated carbocycles. The number of alkyl halides is 1. The molecule has 1 heterocycles. The van der Waals surface area contributed by atoms with Crippen molar-refractivity contribution in [3.8, 4) is 0 Å². The Labute approximate surface area is 71.9 Å². The van der Waals surface area contributed by atoms with Crippen LogP contribution in [0, 0.1) is 11.8 Å². The Hall–Kier alpha value is 0.280. The van der Waals surface area contributed by atoms with Gasteiger partial charge in [0.2, 0.25) is 0 Å². The summed E-state index contributed by atoms with van der Waals surface area (Å²) < 4.78 is 13.0. The normalized spacial score (nSPS) is 50.7. The average molecular weight is 174 g/mol. The van der Waals surface area contributed by atoms with Gasteiger partial charge in [-0.05, 0) is 36.9 Å². The summed E-state index contributed by atoms with van der Waals surface area (Å²) in [6.07, 6.45) is 2.30. The molecule has 1 aliphatic carbocycles. The summed E-state index contributed by atoms with van der Waals surface area (Å²) in [4.78, 5) is 0. The van der Waals surface area contributed by atoms with Crippen LogP contribution in [0.25, 0.3) is 0 Å². The van der Waals surface area contributed by atoms with Crippen molar-refractivity contribution in [1.82, 2.24) is 0 Å². The molecule has 11 heavy (non-hydrogen) atoms. The van der Waals surface area contributed by atoms with Crippen LogP contribution in [0.4, 0.5) is 4.39 Å². The Morgan fingerprint density at radius 3 is 3.00 bits per heavy atom. The molecule has 0 amide bonds. The lowest BCUT2D eigenvalue weighted by atomic mass is 9.81. The SMILES string of the molecule is CC1CSC2CCC(F)CC12. The fourth-order valence-corrected chi connectivity index (χ4v) is 4.06. The van der Waals surface area contributed by atoms with Crippen molar-refractivity contribution in [2.75, 3.05) is 5.75 Å². The van der Waals surface area contributed by atoms with Crippen molar-refractivity contribution in [3.63, 3.8) is 0 Å². The maximum absolute atomic E-state index is 13.0. The van der Waals surface area contributed by atoms with Gasteiger partial charge in [-0.2, -0.15) is 11.8 Å². The molecule has 0 radical (unpaired) electrons. The van der Waals surface area contributed by atoms with Crippen LogP contribution in [-0.4, -0.2) is 17.2 Å². The average Bonchev–Trinajstić information content (AvgIpc) is 2.33. The molecule has 2 aliphatic rings. The Balaban J connectivity index is 2.01. The van der Waals surface area contributed by atoms with Gasteiger partial charge in [0.25, 0.3) is 0 Å². The van der Waals surface area contributed by atoms with Gasteiger partial charge >= 0.3 is 0 Å². The minimum absolute atomic E-state index is 0.489. The van der Waals surface area contributed by atoms with Crippen molar-refractivity contribution in [2.24, 2.45) is 11.8 Å². The second kappa shape index (κ2) is 2.96. The molecular weight excluding hydrogens is 159 g/mol. The summed E-state index contributed by atoms with van der Waals surface area (Å²) in [6.45, 7) is 2.27. The summed E-state index contributed by atoms with van der Waals surface area (Å²) in [5, 5.41) is 0.803. The van der Waals surface area contributed by atoms with Gasteiger partial charge in [0.05, 0.1) is 0 Å². The van der Waals surface area contributed by atoms with Crippen LogP contribution in [0.1, 0.15) is 26.2 Å². The van der Waals surface area contributed by atoms with E-state index in [0.717, 1.165) is 30.4 Å². The number of fused-ring (bicyclic) bond motifs is 1. The second-order valence-electron chi connectivity index (χ2n) is 3.92. The minimum Gasteiger partial charge on any atom is -0.247 e. The molecule has 0 aromatic rings. The van der Waals surface area contributed by atoms with Gasteiger partial charge in [-0.15, -0.1) is 0 Å². The first kappa shape index (κ1) is 7.90. The number of rotatable bonds is 0. The van der Waals surface area contributed by atoms with Gasteiger partial charge < -0.3 is 0 Å². The van der Waals surface area contributed by atoms with E-state index in [1.807, 2.05) is 0 Å². The second-order valence-corrected chi connectivity index (χ2v) is 5.20. The van der Waals surface area contributed by atoms with Gasteiger partial charge in [0.15, 0.2) is 0 Å². The molecule has 0 spiro atoms. The minimum atomic E-state index is -0.489. The maximum atomic E-state index is 13.0. The summed E-state index contributed by atoms with van der Waals surface area (Å²) in [7, 11) is 0. The van der Waals surface area contributed by atoms with Crippen LogP contribution in [-0.2, 0) is 0 Å². The van der Waals surface area contributed by atoms with Crippen molar-refractivity contribution < 1.29 is 4.39 Å². The van der Waals surface area contributed by atoms with E-state index in [-0.39, 0.29) is 0 Å².